The predicted octanol–water partition coefficient (Wildman–Crippen LogP) is 1.15. The summed E-state index contributed by atoms with van der Waals surface area (Å²) in [5, 5.41) is 9.19. The smallest absolute Gasteiger partial charge is 0.241 e. The first-order valence-corrected chi connectivity index (χ1v) is 10.3. The summed E-state index contributed by atoms with van der Waals surface area (Å²) in [6.45, 7) is 3.10. The molecule has 0 aliphatic carbocycles. The molecule has 4 rings (SSSR count). The maximum Gasteiger partial charge on any atom is 0.241 e. The Bertz CT molecular complexity index is 884. The standard InChI is InChI=1S/C21H25F2N5O2/c1-12(13-5-14(22)7-15(23)6-13)28-17-8-19(21(28)30)26(10-17)11-18(25)20(29)27-4-2-3-16(27)9-24/h5-7,12,16-19H,2-4,8,10-11,25H2,1H3/t12?,16?,17-,18?,19+/m1/s1. The number of halogens is 2. The number of hydrogen-bond donors (Lipinski definition) is 1. The van der Waals surface area contributed by atoms with Crippen LogP contribution in [0.1, 0.15) is 37.8 Å². The number of carbonyl (C=O) groups excluding carboxylic acids is 2. The fourth-order valence-corrected chi connectivity index (χ4v) is 5.08. The van der Waals surface area contributed by atoms with Crippen LogP contribution in [0.25, 0.3) is 0 Å². The van der Waals surface area contributed by atoms with Crippen molar-refractivity contribution in [1.82, 2.24) is 14.7 Å². The maximum absolute atomic E-state index is 13.6. The van der Waals surface area contributed by atoms with E-state index >= 15 is 0 Å². The molecule has 1 aromatic carbocycles. The largest absolute Gasteiger partial charge is 0.330 e. The van der Waals surface area contributed by atoms with Crippen LogP contribution in [-0.4, -0.2) is 70.3 Å². The van der Waals surface area contributed by atoms with E-state index in [0.717, 1.165) is 12.5 Å². The van der Waals surface area contributed by atoms with E-state index in [9.17, 15) is 23.6 Å². The molecule has 30 heavy (non-hydrogen) atoms. The molecule has 7 nitrogen and oxygen atoms in total. The molecule has 3 fully saturated rings. The van der Waals surface area contributed by atoms with Crippen molar-refractivity contribution in [2.45, 2.75) is 56.4 Å². The molecule has 3 aliphatic heterocycles. The average Bonchev–Trinajstić information content (AvgIpc) is 3.40. The molecule has 0 aromatic heterocycles. The zero-order chi connectivity index (χ0) is 21.6. The number of nitrogens with two attached hydrogens (primary N) is 1. The number of likely N-dealkylation sites (tertiary alicyclic amines) is 3. The van der Waals surface area contributed by atoms with Crippen LogP contribution in [-0.2, 0) is 9.59 Å². The van der Waals surface area contributed by atoms with Crippen LogP contribution in [0.5, 0.6) is 0 Å². The molecule has 3 aliphatic rings. The summed E-state index contributed by atoms with van der Waals surface area (Å²) in [5.74, 6) is -1.71. The van der Waals surface area contributed by atoms with Crippen molar-refractivity contribution in [2.75, 3.05) is 19.6 Å². The van der Waals surface area contributed by atoms with Crippen molar-refractivity contribution >= 4 is 11.8 Å². The molecule has 0 radical (unpaired) electrons. The van der Waals surface area contributed by atoms with Gasteiger partial charge in [-0.1, -0.05) is 0 Å². The summed E-state index contributed by atoms with van der Waals surface area (Å²) in [5.41, 5.74) is 6.56. The van der Waals surface area contributed by atoms with Gasteiger partial charge in [0, 0.05) is 31.7 Å². The molecule has 2 N–H and O–H groups in total. The third-order valence-corrected chi connectivity index (χ3v) is 6.53. The van der Waals surface area contributed by atoms with E-state index in [0.29, 0.717) is 31.5 Å². The van der Waals surface area contributed by atoms with Gasteiger partial charge in [0.25, 0.3) is 0 Å². The van der Waals surface area contributed by atoms with Crippen molar-refractivity contribution in [3.05, 3.63) is 35.4 Å². The summed E-state index contributed by atoms with van der Waals surface area (Å²) < 4.78 is 27.2. The van der Waals surface area contributed by atoms with Gasteiger partial charge < -0.3 is 15.5 Å². The number of benzene rings is 1. The van der Waals surface area contributed by atoms with Gasteiger partial charge in [-0.25, -0.2) is 8.78 Å². The van der Waals surface area contributed by atoms with Gasteiger partial charge in [0.2, 0.25) is 11.8 Å². The highest BCUT2D eigenvalue weighted by molar-refractivity contribution is 5.87. The van der Waals surface area contributed by atoms with Gasteiger partial charge >= 0.3 is 0 Å². The van der Waals surface area contributed by atoms with Crippen LogP contribution >= 0.6 is 0 Å². The van der Waals surface area contributed by atoms with Crippen molar-refractivity contribution in [1.29, 1.82) is 5.26 Å². The topological polar surface area (TPSA) is 93.7 Å². The molecule has 160 valence electrons. The van der Waals surface area contributed by atoms with Gasteiger partial charge in [0.1, 0.15) is 17.7 Å². The fourth-order valence-electron chi connectivity index (χ4n) is 5.08. The van der Waals surface area contributed by atoms with E-state index in [1.54, 1.807) is 11.8 Å². The molecule has 3 heterocycles. The lowest BCUT2D eigenvalue weighted by atomic mass is 10.0. The minimum absolute atomic E-state index is 0.0928. The molecule has 0 saturated carbocycles. The van der Waals surface area contributed by atoms with Gasteiger partial charge in [-0.2, -0.15) is 5.26 Å². The summed E-state index contributed by atoms with van der Waals surface area (Å²) in [6, 6.07) is 3.30. The molecule has 2 amide bonds. The van der Waals surface area contributed by atoms with Gasteiger partial charge in [-0.15, -0.1) is 0 Å². The number of piperazine rings is 1. The quantitative estimate of drug-likeness (QED) is 0.776. The summed E-state index contributed by atoms with van der Waals surface area (Å²) >= 11 is 0. The number of carbonyl (C=O) groups is 2. The van der Waals surface area contributed by atoms with Gasteiger partial charge in [-0.05, 0) is 43.9 Å². The Kier molecular flexibility index (Phi) is 5.47. The second-order valence-corrected chi connectivity index (χ2v) is 8.41. The first kappa shape index (κ1) is 20.7. The van der Waals surface area contributed by atoms with E-state index in [2.05, 4.69) is 6.07 Å². The van der Waals surface area contributed by atoms with E-state index in [1.807, 2.05) is 4.90 Å². The Morgan fingerprint density at radius 2 is 2.03 bits per heavy atom. The molecular formula is C21H25F2N5O2. The van der Waals surface area contributed by atoms with Crippen LogP contribution in [0.3, 0.4) is 0 Å². The van der Waals surface area contributed by atoms with Crippen molar-refractivity contribution in [3.63, 3.8) is 0 Å². The number of nitriles is 1. The number of fused-ring (bicyclic) bond motifs is 2. The normalized spacial score (nSPS) is 28.1. The van der Waals surface area contributed by atoms with Crippen LogP contribution in [0, 0.1) is 23.0 Å². The summed E-state index contributed by atoms with van der Waals surface area (Å²) in [4.78, 5) is 30.8. The zero-order valence-corrected chi connectivity index (χ0v) is 16.8. The minimum atomic E-state index is -0.797. The molecule has 2 bridgehead atoms. The Hall–Kier alpha value is -2.57. The summed E-state index contributed by atoms with van der Waals surface area (Å²) in [6.07, 6.45) is 2.05. The van der Waals surface area contributed by atoms with Crippen LogP contribution in [0.4, 0.5) is 8.78 Å². The lowest BCUT2D eigenvalue weighted by Gasteiger charge is -2.38. The van der Waals surface area contributed by atoms with Crippen LogP contribution in [0.15, 0.2) is 18.2 Å². The Morgan fingerprint density at radius 3 is 2.67 bits per heavy atom. The Morgan fingerprint density at radius 1 is 1.33 bits per heavy atom. The molecule has 0 spiro atoms. The van der Waals surface area contributed by atoms with Gasteiger partial charge in [0.15, 0.2) is 0 Å². The highest BCUT2D eigenvalue weighted by Crippen LogP contribution is 2.38. The fraction of sp³-hybridized carbons (Fsp3) is 0.571. The zero-order valence-electron chi connectivity index (χ0n) is 16.8. The van der Waals surface area contributed by atoms with E-state index in [1.165, 1.54) is 17.0 Å². The number of hydrogen-bond acceptors (Lipinski definition) is 5. The monoisotopic (exact) mass is 417 g/mol. The third-order valence-electron chi connectivity index (χ3n) is 6.53. The van der Waals surface area contributed by atoms with Gasteiger partial charge in [0.05, 0.1) is 24.2 Å². The highest BCUT2D eigenvalue weighted by atomic mass is 19.1. The second-order valence-electron chi connectivity index (χ2n) is 8.41. The van der Waals surface area contributed by atoms with Crippen molar-refractivity contribution in [2.24, 2.45) is 5.73 Å². The first-order chi connectivity index (χ1) is 14.3. The average molecular weight is 417 g/mol. The van der Waals surface area contributed by atoms with E-state index < -0.39 is 29.8 Å². The summed E-state index contributed by atoms with van der Waals surface area (Å²) in [7, 11) is 0. The molecule has 3 unspecified atom stereocenters. The first-order valence-electron chi connectivity index (χ1n) is 10.3. The molecule has 5 atom stereocenters. The van der Waals surface area contributed by atoms with Gasteiger partial charge in [-0.3, -0.25) is 14.5 Å². The Balaban J connectivity index is 1.41. The molecular weight excluding hydrogens is 392 g/mol. The van der Waals surface area contributed by atoms with Crippen LogP contribution in [0.2, 0.25) is 0 Å². The minimum Gasteiger partial charge on any atom is -0.330 e. The lowest BCUT2D eigenvalue weighted by molar-refractivity contribution is -0.141. The van der Waals surface area contributed by atoms with E-state index in [-0.39, 0.29) is 30.4 Å². The SMILES string of the molecule is CC(c1cc(F)cc(F)c1)N1C(=O)[C@@H]2C[C@@H]1CN2CC(N)C(=O)N1CCCC1C#N. The maximum atomic E-state index is 13.6. The van der Waals surface area contributed by atoms with E-state index in [4.69, 9.17) is 5.73 Å². The molecule has 3 saturated heterocycles. The van der Waals surface area contributed by atoms with Crippen molar-refractivity contribution < 1.29 is 18.4 Å². The van der Waals surface area contributed by atoms with Crippen LogP contribution < -0.4 is 5.73 Å². The third kappa shape index (κ3) is 3.55. The lowest BCUT2D eigenvalue weighted by Crippen LogP contribution is -2.56. The number of rotatable bonds is 5. The second kappa shape index (κ2) is 7.93. The Labute approximate surface area is 174 Å². The number of nitrogens with zero attached hydrogens (tertiary/aromatic N) is 4. The molecule has 9 heteroatoms. The van der Waals surface area contributed by atoms with Crippen molar-refractivity contribution in [3.8, 4) is 6.07 Å². The highest BCUT2D eigenvalue weighted by Gasteiger charge is 2.51. The molecule has 1 aromatic rings. The number of amides is 2. The predicted molar refractivity (Wildman–Crippen MR) is 104 cm³/mol.